The minimum Gasteiger partial charge on any atom is -0.478 e. The van der Waals surface area contributed by atoms with Crippen molar-refractivity contribution in [1.29, 1.82) is 0 Å². The van der Waals surface area contributed by atoms with Crippen molar-refractivity contribution in [2.45, 2.75) is 6.92 Å². The van der Waals surface area contributed by atoms with Crippen LogP contribution in [0.5, 0.6) is 0 Å². The molecule has 0 aliphatic heterocycles. The number of nitrogens with one attached hydrogen (secondary N) is 1. The van der Waals surface area contributed by atoms with Crippen molar-refractivity contribution in [2.75, 3.05) is 11.9 Å². The van der Waals surface area contributed by atoms with Crippen LogP contribution in [0.25, 0.3) is 11.0 Å². The van der Waals surface area contributed by atoms with Crippen molar-refractivity contribution in [3.63, 3.8) is 0 Å². The van der Waals surface area contributed by atoms with Crippen molar-refractivity contribution in [1.82, 2.24) is 14.8 Å². The SMILES string of the molecule is C=C(Cl)CNc1c(C(=O)O)cnc2c1c(C)nn2C. The Balaban J connectivity index is 2.68. The summed E-state index contributed by atoms with van der Waals surface area (Å²) in [5.74, 6) is -1.06. The van der Waals surface area contributed by atoms with Gasteiger partial charge in [0.25, 0.3) is 0 Å². The number of nitrogens with zero attached hydrogens (tertiary/aromatic N) is 3. The van der Waals surface area contributed by atoms with Gasteiger partial charge in [0.2, 0.25) is 0 Å². The first-order chi connectivity index (χ1) is 8.91. The van der Waals surface area contributed by atoms with Crippen LogP contribution in [0.15, 0.2) is 17.8 Å². The van der Waals surface area contributed by atoms with Gasteiger partial charge in [-0.15, -0.1) is 0 Å². The van der Waals surface area contributed by atoms with Gasteiger partial charge in [0, 0.05) is 18.3 Å². The second kappa shape index (κ2) is 4.89. The van der Waals surface area contributed by atoms with Gasteiger partial charge >= 0.3 is 5.97 Å². The predicted molar refractivity (Wildman–Crippen MR) is 73.7 cm³/mol. The number of carboxylic acids is 1. The summed E-state index contributed by atoms with van der Waals surface area (Å²) >= 11 is 5.71. The molecule has 0 aromatic carbocycles. The molecule has 0 spiro atoms. The molecule has 0 fully saturated rings. The van der Waals surface area contributed by atoms with Crippen molar-refractivity contribution in [2.24, 2.45) is 7.05 Å². The number of hydrogen-bond acceptors (Lipinski definition) is 4. The molecule has 0 unspecified atom stereocenters. The Labute approximate surface area is 114 Å². The molecule has 0 saturated carbocycles. The maximum absolute atomic E-state index is 11.3. The zero-order valence-electron chi connectivity index (χ0n) is 10.6. The Morgan fingerprint density at radius 1 is 1.63 bits per heavy atom. The van der Waals surface area contributed by atoms with Gasteiger partial charge in [0.1, 0.15) is 5.56 Å². The number of aryl methyl sites for hydroxylation is 2. The number of pyridine rings is 1. The summed E-state index contributed by atoms with van der Waals surface area (Å²) in [4.78, 5) is 15.4. The van der Waals surface area contributed by atoms with Gasteiger partial charge in [-0.2, -0.15) is 5.10 Å². The fourth-order valence-electron chi connectivity index (χ4n) is 1.94. The maximum atomic E-state index is 11.3. The Kier molecular flexibility index (Phi) is 3.44. The van der Waals surface area contributed by atoms with Gasteiger partial charge in [-0.05, 0) is 6.92 Å². The topological polar surface area (TPSA) is 80.0 Å². The summed E-state index contributed by atoms with van der Waals surface area (Å²) in [5.41, 5.74) is 1.87. The van der Waals surface area contributed by atoms with Crippen LogP contribution in [0.1, 0.15) is 16.1 Å². The number of halogens is 1. The van der Waals surface area contributed by atoms with Gasteiger partial charge in [0.15, 0.2) is 5.65 Å². The number of anilines is 1. The van der Waals surface area contributed by atoms with E-state index in [-0.39, 0.29) is 12.1 Å². The molecule has 7 heteroatoms. The number of carbonyl (C=O) groups is 1. The Bertz CT molecular complexity index is 678. The average Bonchev–Trinajstić information content (AvgIpc) is 2.62. The number of rotatable bonds is 4. The zero-order valence-corrected chi connectivity index (χ0v) is 11.3. The molecular weight excluding hydrogens is 268 g/mol. The summed E-state index contributed by atoms with van der Waals surface area (Å²) in [6, 6.07) is 0. The van der Waals surface area contributed by atoms with Crippen molar-refractivity contribution in [3.05, 3.63) is 29.1 Å². The number of fused-ring (bicyclic) bond motifs is 1. The van der Waals surface area contributed by atoms with E-state index in [4.69, 9.17) is 11.6 Å². The van der Waals surface area contributed by atoms with E-state index in [0.717, 1.165) is 0 Å². The molecule has 0 aliphatic carbocycles. The molecule has 0 amide bonds. The van der Waals surface area contributed by atoms with E-state index in [1.54, 1.807) is 18.7 Å². The van der Waals surface area contributed by atoms with Crippen LogP contribution in [0.3, 0.4) is 0 Å². The van der Waals surface area contributed by atoms with E-state index in [0.29, 0.717) is 27.4 Å². The van der Waals surface area contributed by atoms with E-state index in [1.165, 1.54) is 6.20 Å². The molecule has 2 aromatic rings. The standard InChI is InChI=1S/C12H13ClN4O2/c1-6(13)4-14-10-8(12(18)19)5-15-11-9(10)7(2)16-17(11)3/h5H,1,4H2,2-3H3,(H,14,15)(H,18,19). The molecule has 0 saturated heterocycles. The predicted octanol–water partition coefficient (Wildman–Crippen LogP) is 2.14. The lowest BCUT2D eigenvalue weighted by atomic mass is 10.1. The lowest BCUT2D eigenvalue weighted by Gasteiger charge is -2.10. The van der Waals surface area contributed by atoms with E-state index < -0.39 is 5.97 Å². The lowest BCUT2D eigenvalue weighted by Crippen LogP contribution is -2.09. The van der Waals surface area contributed by atoms with Crippen molar-refractivity contribution >= 4 is 34.3 Å². The normalized spacial score (nSPS) is 10.7. The van der Waals surface area contributed by atoms with Crippen LogP contribution in [-0.2, 0) is 7.05 Å². The van der Waals surface area contributed by atoms with Gasteiger partial charge in [-0.25, -0.2) is 9.78 Å². The lowest BCUT2D eigenvalue weighted by molar-refractivity contribution is 0.0697. The minimum absolute atomic E-state index is 0.0847. The third-order valence-electron chi connectivity index (χ3n) is 2.71. The molecule has 2 rings (SSSR count). The minimum atomic E-state index is -1.06. The Morgan fingerprint density at radius 2 is 2.32 bits per heavy atom. The first kappa shape index (κ1) is 13.4. The fraction of sp³-hybridized carbons (Fsp3) is 0.250. The third-order valence-corrected chi connectivity index (χ3v) is 2.85. The van der Waals surface area contributed by atoms with Crippen molar-refractivity contribution < 1.29 is 9.90 Å². The first-order valence-electron chi connectivity index (χ1n) is 5.54. The highest BCUT2D eigenvalue weighted by Crippen LogP contribution is 2.28. The van der Waals surface area contributed by atoms with E-state index >= 15 is 0 Å². The highest BCUT2D eigenvalue weighted by atomic mass is 35.5. The number of aromatic carboxylic acids is 1. The number of hydrogen-bond donors (Lipinski definition) is 2. The van der Waals surface area contributed by atoms with Crippen LogP contribution >= 0.6 is 11.6 Å². The van der Waals surface area contributed by atoms with Crippen LogP contribution in [0, 0.1) is 6.92 Å². The molecule has 19 heavy (non-hydrogen) atoms. The van der Waals surface area contributed by atoms with E-state index in [2.05, 4.69) is 22.0 Å². The molecule has 2 aromatic heterocycles. The average molecular weight is 281 g/mol. The molecular formula is C12H13ClN4O2. The van der Waals surface area contributed by atoms with Gasteiger partial charge < -0.3 is 10.4 Å². The summed E-state index contributed by atoms with van der Waals surface area (Å²) in [5, 5.41) is 17.5. The molecule has 2 heterocycles. The summed E-state index contributed by atoms with van der Waals surface area (Å²) in [6.45, 7) is 5.65. The van der Waals surface area contributed by atoms with Crippen LogP contribution < -0.4 is 5.32 Å². The number of carboxylic acid groups (broad SMARTS) is 1. The fourth-order valence-corrected chi connectivity index (χ4v) is 2.01. The van der Waals surface area contributed by atoms with Gasteiger partial charge in [0.05, 0.1) is 23.3 Å². The van der Waals surface area contributed by atoms with Crippen LogP contribution in [-0.4, -0.2) is 32.4 Å². The molecule has 0 atom stereocenters. The smallest absolute Gasteiger partial charge is 0.339 e. The molecule has 2 N–H and O–H groups in total. The molecule has 6 nitrogen and oxygen atoms in total. The second-order valence-electron chi connectivity index (χ2n) is 4.13. The van der Waals surface area contributed by atoms with Gasteiger partial charge in [-0.3, -0.25) is 4.68 Å². The number of aromatic nitrogens is 3. The van der Waals surface area contributed by atoms with Crippen LogP contribution in [0.4, 0.5) is 5.69 Å². The molecule has 0 radical (unpaired) electrons. The third kappa shape index (κ3) is 2.39. The highest BCUT2D eigenvalue weighted by molar-refractivity contribution is 6.29. The summed E-state index contributed by atoms with van der Waals surface area (Å²) in [6.07, 6.45) is 1.31. The zero-order chi connectivity index (χ0) is 14.2. The Hall–Kier alpha value is -2.08. The molecule has 0 aliphatic rings. The van der Waals surface area contributed by atoms with Crippen molar-refractivity contribution in [3.8, 4) is 0 Å². The molecule has 100 valence electrons. The maximum Gasteiger partial charge on any atom is 0.339 e. The Morgan fingerprint density at radius 3 is 2.89 bits per heavy atom. The first-order valence-corrected chi connectivity index (χ1v) is 5.92. The van der Waals surface area contributed by atoms with E-state index in [9.17, 15) is 9.90 Å². The summed E-state index contributed by atoms with van der Waals surface area (Å²) in [7, 11) is 1.76. The molecule has 0 bridgehead atoms. The summed E-state index contributed by atoms with van der Waals surface area (Å²) < 4.78 is 1.61. The largest absolute Gasteiger partial charge is 0.478 e. The quantitative estimate of drug-likeness (QED) is 0.897. The van der Waals surface area contributed by atoms with E-state index in [1.807, 2.05) is 0 Å². The monoisotopic (exact) mass is 280 g/mol. The highest BCUT2D eigenvalue weighted by Gasteiger charge is 2.18. The van der Waals surface area contributed by atoms with Gasteiger partial charge in [-0.1, -0.05) is 18.2 Å². The second-order valence-corrected chi connectivity index (χ2v) is 4.66. The van der Waals surface area contributed by atoms with Crippen LogP contribution in [0.2, 0.25) is 0 Å².